The second kappa shape index (κ2) is 9.28. The highest BCUT2D eigenvalue weighted by Gasteiger charge is 2.56. The van der Waals surface area contributed by atoms with Crippen LogP contribution in [-0.2, 0) is 17.9 Å². The van der Waals surface area contributed by atoms with Crippen molar-refractivity contribution in [3.05, 3.63) is 54.9 Å². The number of anilines is 1. The summed E-state index contributed by atoms with van der Waals surface area (Å²) in [6.07, 6.45) is 10.0. The summed E-state index contributed by atoms with van der Waals surface area (Å²) in [5, 5.41) is 12.2. The molecule has 12 heteroatoms. The van der Waals surface area contributed by atoms with Gasteiger partial charge in [-0.15, -0.1) is 10.2 Å². The summed E-state index contributed by atoms with van der Waals surface area (Å²) in [5.41, 5.74) is 0.900. The lowest BCUT2D eigenvalue weighted by Crippen LogP contribution is -2.42. The molecule has 1 spiro atoms. The van der Waals surface area contributed by atoms with E-state index in [0.717, 1.165) is 50.0 Å². The number of carbonyl (C=O) groups excluding carboxylic acids is 1. The van der Waals surface area contributed by atoms with Crippen molar-refractivity contribution in [1.82, 2.24) is 34.2 Å². The van der Waals surface area contributed by atoms with Gasteiger partial charge in [0.2, 0.25) is 11.9 Å². The van der Waals surface area contributed by atoms with Gasteiger partial charge in [-0.1, -0.05) is 6.07 Å². The van der Waals surface area contributed by atoms with Crippen LogP contribution >= 0.6 is 0 Å². The summed E-state index contributed by atoms with van der Waals surface area (Å²) < 4.78 is 34.1. The largest absolute Gasteiger partial charge is 0.434 e. The molecule has 1 aromatic carbocycles. The van der Waals surface area contributed by atoms with Crippen LogP contribution in [0, 0.1) is 11.3 Å². The van der Waals surface area contributed by atoms with Gasteiger partial charge in [0, 0.05) is 42.8 Å². The molecular weight excluding hydrogens is 506 g/mol. The summed E-state index contributed by atoms with van der Waals surface area (Å²) in [5.74, 6) is 2.45. The predicted octanol–water partition coefficient (Wildman–Crippen LogP) is 4.02. The SMILES string of the molecule is O=C(C1CCC2(CC1)C[C@@H]2Nc1nccc(-n2ccc3c(OC(F)F)cccc32)n1)N1CCn2cnnc2C1. The van der Waals surface area contributed by atoms with Crippen LogP contribution in [0.2, 0.25) is 0 Å². The maximum Gasteiger partial charge on any atom is 0.387 e. The van der Waals surface area contributed by atoms with E-state index in [1.54, 1.807) is 36.9 Å². The third-order valence-corrected chi connectivity index (χ3v) is 8.57. The number of hydrogen-bond acceptors (Lipinski definition) is 7. The molecule has 0 saturated heterocycles. The minimum Gasteiger partial charge on any atom is -0.434 e. The average molecular weight is 535 g/mol. The number of aromatic nitrogens is 6. The summed E-state index contributed by atoms with van der Waals surface area (Å²) in [6, 6.07) is 8.85. The molecule has 1 amide bonds. The zero-order valence-corrected chi connectivity index (χ0v) is 21.2. The van der Waals surface area contributed by atoms with Crippen LogP contribution in [0.1, 0.15) is 37.9 Å². The molecule has 1 N–H and O–H groups in total. The molecule has 10 nitrogen and oxygen atoms in total. The van der Waals surface area contributed by atoms with Crippen LogP contribution in [0.3, 0.4) is 0 Å². The van der Waals surface area contributed by atoms with Crippen molar-refractivity contribution in [2.45, 2.75) is 57.8 Å². The first-order chi connectivity index (χ1) is 19.0. The summed E-state index contributed by atoms with van der Waals surface area (Å²) in [7, 11) is 0. The highest BCUT2D eigenvalue weighted by Crippen LogP contribution is 2.58. The number of carbonyl (C=O) groups is 1. The highest BCUT2D eigenvalue weighted by molar-refractivity contribution is 5.87. The van der Waals surface area contributed by atoms with Gasteiger partial charge in [0.15, 0.2) is 5.82 Å². The third-order valence-electron chi connectivity index (χ3n) is 8.57. The summed E-state index contributed by atoms with van der Waals surface area (Å²) in [4.78, 5) is 24.3. The van der Waals surface area contributed by atoms with Gasteiger partial charge in [-0.05, 0) is 61.8 Å². The molecule has 39 heavy (non-hydrogen) atoms. The first-order valence-corrected chi connectivity index (χ1v) is 13.3. The number of amides is 1. The van der Waals surface area contributed by atoms with Crippen molar-refractivity contribution >= 4 is 22.8 Å². The number of hydrogen-bond donors (Lipinski definition) is 1. The highest BCUT2D eigenvalue weighted by atomic mass is 19.3. The Morgan fingerprint density at radius 1 is 1.15 bits per heavy atom. The number of benzene rings is 1. The number of nitrogens with zero attached hydrogens (tertiary/aromatic N) is 7. The Labute approximate surface area is 223 Å². The monoisotopic (exact) mass is 534 g/mol. The Morgan fingerprint density at radius 3 is 2.87 bits per heavy atom. The van der Waals surface area contributed by atoms with E-state index in [0.29, 0.717) is 30.2 Å². The number of halogens is 2. The van der Waals surface area contributed by atoms with Crippen molar-refractivity contribution in [1.29, 1.82) is 0 Å². The van der Waals surface area contributed by atoms with Gasteiger partial charge in [0.1, 0.15) is 17.9 Å². The smallest absolute Gasteiger partial charge is 0.387 e. The van der Waals surface area contributed by atoms with Crippen LogP contribution in [0.4, 0.5) is 14.7 Å². The van der Waals surface area contributed by atoms with Gasteiger partial charge in [0.25, 0.3) is 0 Å². The van der Waals surface area contributed by atoms with Gasteiger partial charge >= 0.3 is 6.61 Å². The number of ether oxygens (including phenoxy) is 1. The Kier molecular flexibility index (Phi) is 5.71. The maximum absolute atomic E-state index is 13.2. The minimum atomic E-state index is -2.89. The van der Waals surface area contributed by atoms with E-state index < -0.39 is 6.61 Å². The van der Waals surface area contributed by atoms with Crippen molar-refractivity contribution in [3.63, 3.8) is 0 Å². The Balaban J connectivity index is 0.993. The maximum atomic E-state index is 13.2. The fourth-order valence-electron chi connectivity index (χ4n) is 6.30. The lowest BCUT2D eigenvalue weighted by Gasteiger charge is -2.34. The molecule has 3 aromatic heterocycles. The lowest BCUT2D eigenvalue weighted by atomic mass is 9.78. The third kappa shape index (κ3) is 4.37. The quantitative estimate of drug-likeness (QED) is 0.399. The normalized spacial score (nSPS) is 24.2. The number of alkyl halides is 2. The van der Waals surface area contributed by atoms with Crippen LogP contribution in [-0.4, -0.2) is 59.3 Å². The standard InChI is InChI=1S/C27H28F2N8O2/c28-25(29)39-20-3-1-2-19-18(20)7-11-37(19)22-6-10-30-26(33-22)32-21-14-27(21)8-4-17(5-9-27)24(38)35-12-13-36-16-31-34-23(36)15-35/h1-3,6-7,10-11,16-17,21,25H,4-5,8-9,12-15H2,(H,30,32,33)/t17?,21-,27?/m0/s1. The van der Waals surface area contributed by atoms with Crippen molar-refractivity contribution in [2.75, 3.05) is 11.9 Å². The molecule has 0 bridgehead atoms. The van der Waals surface area contributed by atoms with Gasteiger partial charge in [-0.25, -0.2) is 4.98 Å². The lowest BCUT2D eigenvalue weighted by molar-refractivity contribution is -0.138. The van der Waals surface area contributed by atoms with Crippen molar-refractivity contribution in [3.8, 4) is 11.6 Å². The molecule has 1 aliphatic heterocycles. The zero-order chi connectivity index (χ0) is 26.6. The van der Waals surface area contributed by atoms with Crippen LogP contribution in [0.15, 0.2) is 49.1 Å². The summed E-state index contributed by atoms with van der Waals surface area (Å²) in [6.45, 7) is -0.893. The fraction of sp³-hybridized carbons (Fsp3) is 0.444. The first kappa shape index (κ1) is 24.0. The van der Waals surface area contributed by atoms with Gasteiger partial charge in [0.05, 0.1) is 12.1 Å². The van der Waals surface area contributed by atoms with E-state index >= 15 is 0 Å². The van der Waals surface area contributed by atoms with E-state index in [2.05, 4.69) is 25.2 Å². The fourth-order valence-corrected chi connectivity index (χ4v) is 6.30. The van der Waals surface area contributed by atoms with E-state index in [9.17, 15) is 13.6 Å². The van der Waals surface area contributed by atoms with Gasteiger partial charge in [-0.3, -0.25) is 4.79 Å². The molecule has 2 aliphatic carbocycles. The molecule has 2 fully saturated rings. The topological polar surface area (TPSA) is 103 Å². The molecular formula is C27H28F2N8O2. The molecule has 4 aromatic rings. The number of rotatable bonds is 6. The summed E-state index contributed by atoms with van der Waals surface area (Å²) >= 11 is 0. The molecule has 1 atom stereocenters. The molecule has 0 unspecified atom stereocenters. The first-order valence-electron chi connectivity index (χ1n) is 13.3. The zero-order valence-electron chi connectivity index (χ0n) is 21.2. The number of nitrogens with one attached hydrogen (secondary N) is 1. The van der Waals surface area contributed by atoms with Crippen LogP contribution in [0.25, 0.3) is 16.7 Å². The molecule has 0 radical (unpaired) electrons. The molecule has 2 saturated carbocycles. The molecule has 4 heterocycles. The van der Waals surface area contributed by atoms with Crippen LogP contribution in [0.5, 0.6) is 5.75 Å². The minimum absolute atomic E-state index is 0.0619. The molecule has 3 aliphatic rings. The van der Waals surface area contributed by atoms with Crippen molar-refractivity contribution < 1.29 is 18.3 Å². The molecule has 202 valence electrons. The second-order valence-corrected chi connectivity index (χ2v) is 10.7. The van der Waals surface area contributed by atoms with E-state index in [1.807, 2.05) is 20.1 Å². The van der Waals surface area contributed by atoms with Gasteiger partial charge < -0.3 is 24.1 Å². The van der Waals surface area contributed by atoms with E-state index in [-0.39, 0.29) is 29.0 Å². The van der Waals surface area contributed by atoms with E-state index in [4.69, 9.17) is 4.98 Å². The van der Waals surface area contributed by atoms with Crippen LogP contribution < -0.4 is 10.1 Å². The average Bonchev–Trinajstić information content (AvgIpc) is 3.28. The van der Waals surface area contributed by atoms with Crippen molar-refractivity contribution in [2.24, 2.45) is 11.3 Å². The Morgan fingerprint density at radius 2 is 2.03 bits per heavy atom. The second-order valence-electron chi connectivity index (χ2n) is 10.7. The Hall–Kier alpha value is -4.09. The van der Waals surface area contributed by atoms with E-state index in [1.165, 1.54) is 6.07 Å². The Bertz CT molecular complexity index is 1530. The molecule has 7 rings (SSSR count). The van der Waals surface area contributed by atoms with Gasteiger partial charge in [-0.2, -0.15) is 13.8 Å². The number of fused-ring (bicyclic) bond motifs is 2. The predicted molar refractivity (Wildman–Crippen MR) is 137 cm³/mol.